The van der Waals surface area contributed by atoms with E-state index in [9.17, 15) is 10.4 Å². The number of pyridine rings is 1. The Morgan fingerprint density at radius 2 is 1.90 bits per heavy atom. The minimum Gasteiger partial charge on any atom is -0.481 e. The molecule has 7 rings (SSSR count). The molecule has 5 fully saturated rings. The van der Waals surface area contributed by atoms with Crippen LogP contribution in [0.25, 0.3) is 0 Å². The topological polar surface area (TPSA) is 128 Å². The summed E-state index contributed by atoms with van der Waals surface area (Å²) in [5.74, 6) is 4.62. The second-order valence-corrected chi connectivity index (χ2v) is 13.3. The van der Waals surface area contributed by atoms with Crippen LogP contribution in [0.4, 0.5) is 11.8 Å². The first kappa shape index (κ1) is 27.2. The van der Waals surface area contributed by atoms with Gasteiger partial charge in [-0.2, -0.15) is 10.2 Å². The van der Waals surface area contributed by atoms with E-state index < -0.39 is 5.60 Å². The second-order valence-electron chi connectivity index (χ2n) is 13.3. The predicted molar refractivity (Wildman–Crippen MR) is 154 cm³/mol. The molecule has 5 saturated carbocycles. The third-order valence-electron chi connectivity index (χ3n) is 10.2. The lowest BCUT2D eigenvalue weighted by Gasteiger charge is -2.60. The van der Waals surface area contributed by atoms with Crippen molar-refractivity contribution in [1.82, 2.24) is 20.3 Å². The van der Waals surface area contributed by atoms with Gasteiger partial charge in [0.25, 0.3) is 0 Å². The predicted octanol–water partition coefficient (Wildman–Crippen LogP) is 4.50. The molecule has 5 atom stereocenters. The molecule has 5 aliphatic rings. The molecule has 0 saturated heterocycles. The van der Waals surface area contributed by atoms with E-state index in [1.807, 2.05) is 19.1 Å². The molecule has 40 heavy (non-hydrogen) atoms. The molecule has 2 heterocycles. The number of anilines is 2. The summed E-state index contributed by atoms with van der Waals surface area (Å²) in [5.41, 5.74) is 1.20. The number of aliphatic hydroxyl groups is 1. The van der Waals surface area contributed by atoms with Gasteiger partial charge in [0.15, 0.2) is 0 Å². The molecule has 0 amide bonds. The maximum atomic E-state index is 10.3. The molecule has 4 N–H and O–H groups in total. The van der Waals surface area contributed by atoms with Crippen molar-refractivity contribution in [3.05, 3.63) is 35.7 Å². The molecule has 9 nitrogen and oxygen atoms in total. The number of ether oxygens (including phenoxy) is 1. The van der Waals surface area contributed by atoms with Gasteiger partial charge >= 0.3 is 0 Å². The molecule has 5 aliphatic carbocycles. The Bertz CT molecular complexity index is 1220. The lowest BCUT2D eigenvalue weighted by atomic mass is 9.48. The number of rotatable bonds is 10. The SMILES string of the molecule is COc1ncccc1CNc1ncc(C#N)c(NC[C@]23CC4C[C@H](C2)[C@@H](NC[C@H]2CC[C@](C)(O)CC2)[C@@H](C4)C3)n1. The number of hydrogen-bond acceptors (Lipinski definition) is 9. The van der Waals surface area contributed by atoms with Crippen LogP contribution in [-0.4, -0.2) is 51.9 Å². The Hall–Kier alpha value is -2.96. The summed E-state index contributed by atoms with van der Waals surface area (Å²) < 4.78 is 5.35. The number of methoxy groups -OCH3 is 1. The van der Waals surface area contributed by atoms with E-state index >= 15 is 0 Å². The first-order valence-electron chi connectivity index (χ1n) is 15.0. The first-order chi connectivity index (χ1) is 19.4. The normalized spacial score (nSPS) is 34.3. The minimum absolute atomic E-state index is 0.270. The lowest BCUT2D eigenvalue weighted by molar-refractivity contribution is -0.0711. The average molecular weight is 546 g/mol. The van der Waals surface area contributed by atoms with Gasteiger partial charge in [-0.15, -0.1) is 0 Å². The number of nitrogens with zero attached hydrogens (tertiary/aromatic N) is 4. The first-order valence-corrected chi connectivity index (χ1v) is 15.0. The Labute approximate surface area is 237 Å². The van der Waals surface area contributed by atoms with Crippen molar-refractivity contribution >= 4 is 11.8 Å². The summed E-state index contributed by atoms with van der Waals surface area (Å²) in [5, 5.41) is 30.9. The van der Waals surface area contributed by atoms with E-state index in [1.54, 1.807) is 19.5 Å². The molecule has 0 aliphatic heterocycles. The van der Waals surface area contributed by atoms with Crippen LogP contribution in [0.3, 0.4) is 0 Å². The highest BCUT2D eigenvalue weighted by Crippen LogP contribution is 2.60. The van der Waals surface area contributed by atoms with Crippen molar-refractivity contribution < 1.29 is 9.84 Å². The molecule has 0 radical (unpaired) electrons. The van der Waals surface area contributed by atoms with Gasteiger partial charge in [0, 0.05) is 30.9 Å². The van der Waals surface area contributed by atoms with Gasteiger partial charge in [0.2, 0.25) is 11.8 Å². The van der Waals surface area contributed by atoms with Crippen LogP contribution in [-0.2, 0) is 6.54 Å². The third kappa shape index (κ3) is 5.75. The lowest BCUT2D eigenvalue weighted by Crippen LogP contribution is -2.60. The number of aromatic nitrogens is 3. The van der Waals surface area contributed by atoms with Crippen LogP contribution in [0.15, 0.2) is 24.5 Å². The number of nitriles is 1. The van der Waals surface area contributed by atoms with Gasteiger partial charge in [-0.1, -0.05) is 6.07 Å². The fourth-order valence-electron chi connectivity index (χ4n) is 8.42. The average Bonchev–Trinajstić information content (AvgIpc) is 2.95. The van der Waals surface area contributed by atoms with E-state index in [2.05, 4.69) is 32.0 Å². The van der Waals surface area contributed by atoms with Crippen LogP contribution in [0, 0.1) is 40.4 Å². The van der Waals surface area contributed by atoms with Crippen molar-refractivity contribution in [3.8, 4) is 11.9 Å². The zero-order valence-electron chi connectivity index (χ0n) is 23.8. The van der Waals surface area contributed by atoms with Crippen LogP contribution < -0.4 is 20.7 Å². The fraction of sp³-hybridized carbons (Fsp3) is 0.677. The molecule has 2 aromatic rings. The number of nitrogens with one attached hydrogen (secondary N) is 3. The molecule has 4 bridgehead atoms. The molecular formula is C31H43N7O2. The van der Waals surface area contributed by atoms with Crippen LogP contribution in [0.2, 0.25) is 0 Å². The Morgan fingerprint density at radius 3 is 2.62 bits per heavy atom. The van der Waals surface area contributed by atoms with Crippen molar-refractivity contribution in [1.29, 1.82) is 5.26 Å². The summed E-state index contributed by atoms with van der Waals surface area (Å²) in [7, 11) is 1.61. The van der Waals surface area contributed by atoms with E-state index in [0.717, 1.165) is 62.1 Å². The summed E-state index contributed by atoms with van der Waals surface area (Å²) in [4.78, 5) is 13.3. The van der Waals surface area contributed by atoms with Gasteiger partial charge in [-0.3, -0.25) is 0 Å². The third-order valence-corrected chi connectivity index (χ3v) is 10.2. The van der Waals surface area contributed by atoms with Gasteiger partial charge in [0.1, 0.15) is 17.5 Å². The molecular weight excluding hydrogens is 502 g/mol. The maximum Gasteiger partial charge on any atom is 0.224 e. The van der Waals surface area contributed by atoms with Crippen molar-refractivity contribution in [2.45, 2.75) is 82.9 Å². The molecule has 214 valence electrons. The molecule has 0 aromatic carbocycles. The van der Waals surface area contributed by atoms with Crippen molar-refractivity contribution in [2.24, 2.45) is 29.1 Å². The fourth-order valence-corrected chi connectivity index (χ4v) is 8.42. The maximum absolute atomic E-state index is 10.3. The zero-order valence-corrected chi connectivity index (χ0v) is 23.8. The smallest absolute Gasteiger partial charge is 0.224 e. The molecule has 2 aromatic heterocycles. The van der Waals surface area contributed by atoms with Gasteiger partial charge < -0.3 is 25.8 Å². The van der Waals surface area contributed by atoms with E-state index in [1.165, 1.54) is 32.1 Å². The Kier molecular flexibility index (Phi) is 7.58. The van der Waals surface area contributed by atoms with E-state index in [0.29, 0.717) is 41.7 Å². The van der Waals surface area contributed by atoms with E-state index in [-0.39, 0.29) is 5.41 Å². The molecule has 9 heteroatoms. The summed E-state index contributed by atoms with van der Waals surface area (Å²) in [6.45, 7) is 4.41. The Balaban J connectivity index is 1.07. The molecule has 0 spiro atoms. The Morgan fingerprint density at radius 1 is 1.12 bits per heavy atom. The summed E-state index contributed by atoms with van der Waals surface area (Å²) >= 11 is 0. The van der Waals surface area contributed by atoms with Crippen LogP contribution in [0.1, 0.15) is 75.8 Å². The van der Waals surface area contributed by atoms with Crippen LogP contribution >= 0.6 is 0 Å². The minimum atomic E-state index is -0.461. The van der Waals surface area contributed by atoms with Gasteiger partial charge in [-0.05, 0) is 106 Å². The van der Waals surface area contributed by atoms with Crippen LogP contribution in [0.5, 0.6) is 5.88 Å². The highest BCUT2D eigenvalue weighted by molar-refractivity contribution is 5.53. The zero-order chi connectivity index (χ0) is 27.7. The second kappa shape index (κ2) is 11.1. The monoisotopic (exact) mass is 545 g/mol. The van der Waals surface area contributed by atoms with E-state index in [4.69, 9.17) is 9.72 Å². The standard InChI is InChI=1S/C31H43N7O2/c1-30(39)7-5-20(6-8-30)16-34-26-23-10-21-11-24(26)14-31(12-21,13-23)19-37-27-25(15-32)18-36-29(38-27)35-17-22-4-3-9-33-28(22)40-2/h3-4,9,18,20-21,23-24,26,34,39H,5-8,10-14,16-17,19H2,1-2H3,(H2,35,36,37,38)/t20-,21?,23-,24+,26-,30-,31-. The van der Waals surface area contributed by atoms with Crippen molar-refractivity contribution in [2.75, 3.05) is 30.8 Å². The summed E-state index contributed by atoms with van der Waals surface area (Å²) in [6, 6.07) is 6.72. The highest BCUT2D eigenvalue weighted by atomic mass is 16.5. The quantitative estimate of drug-likeness (QED) is 0.341. The summed E-state index contributed by atoms with van der Waals surface area (Å²) in [6.07, 6.45) is 13.9. The molecule has 1 unspecified atom stereocenters. The highest BCUT2D eigenvalue weighted by Gasteiger charge is 2.55. The number of hydrogen-bond donors (Lipinski definition) is 4. The van der Waals surface area contributed by atoms with Gasteiger partial charge in [-0.25, -0.2) is 9.97 Å². The van der Waals surface area contributed by atoms with Crippen molar-refractivity contribution in [3.63, 3.8) is 0 Å². The largest absolute Gasteiger partial charge is 0.481 e. The van der Waals surface area contributed by atoms with Gasteiger partial charge in [0.05, 0.1) is 18.9 Å².